The molecule has 0 aromatic heterocycles. The molecule has 0 spiro atoms. The number of alkyl halides is 1. The van der Waals surface area contributed by atoms with E-state index in [0.717, 1.165) is 12.8 Å². The number of halogens is 2. The number of hydrogen-bond acceptors (Lipinski definition) is 1. The van der Waals surface area contributed by atoms with Crippen LogP contribution in [0.2, 0.25) is 5.02 Å². The fraction of sp³-hybridized carbons (Fsp3) is 0.500. The molecular formula is C14H19Cl2NO. The van der Waals surface area contributed by atoms with Crippen molar-refractivity contribution in [2.24, 2.45) is 5.41 Å². The van der Waals surface area contributed by atoms with Crippen molar-refractivity contribution >= 4 is 29.1 Å². The number of carbonyl (C=O) groups is 1. The third kappa shape index (κ3) is 5.28. The molecule has 0 heterocycles. The second kappa shape index (κ2) is 7.01. The monoisotopic (exact) mass is 287 g/mol. The summed E-state index contributed by atoms with van der Waals surface area (Å²) in [6.07, 6.45) is 1.95. The summed E-state index contributed by atoms with van der Waals surface area (Å²) in [7, 11) is 0. The van der Waals surface area contributed by atoms with Crippen molar-refractivity contribution in [1.82, 2.24) is 5.32 Å². The number of benzene rings is 1. The molecule has 100 valence electrons. The Labute approximate surface area is 119 Å². The van der Waals surface area contributed by atoms with Gasteiger partial charge in [-0.3, -0.25) is 4.79 Å². The highest BCUT2D eigenvalue weighted by Gasteiger charge is 2.18. The van der Waals surface area contributed by atoms with E-state index in [1.54, 1.807) is 24.3 Å². The Balaban J connectivity index is 2.50. The summed E-state index contributed by atoms with van der Waals surface area (Å²) in [6.45, 7) is 4.88. The van der Waals surface area contributed by atoms with Gasteiger partial charge in [0, 0.05) is 23.0 Å². The highest BCUT2D eigenvalue weighted by molar-refractivity contribution is 6.30. The van der Waals surface area contributed by atoms with Gasteiger partial charge in [0.25, 0.3) is 5.91 Å². The van der Waals surface area contributed by atoms with Crippen LogP contribution in [0.3, 0.4) is 0 Å². The van der Waals surface area contributed by atoms with Crippen LogP contribution < -0.4 is 5.32 Å². The standard InChI is InChI=1S/C14H19Cl2NO/c1-14(2,7-4-8-15)10-17-13(18)11-5-3-6-12(16)9-11/h3,5-6,9H,4,7-8,10H2,1-2H3,(H,17,18). The zero-order chi connectivity index (χ0) is 13.6. The molecule has 1 rings (SSSR count). The molecule has 4 heteroatoms. The fourth-order valence-electron chi connectivity index (χ4n) is 1.69. The first-order valence-corrected chi connectivity index (χ1v) is 6.95. The van der Waals surface area contributed by atoms with Crippen LogP contribution in [0.1, 0.15) is 37.0 Å². The average Bonchev–Trinajstić information content (AvgIpc) is 2.34. The molecule has 1 amide bonds. The molecule has 0 radical (unpaired) electrons. The molecular weight excluding hydrogens is 269 g/mol. The van der Waals surface area contributed by atoms with Crippen molar-refractivity contribution in [2.45, 2.75) is 26.7 Å². The Hall–Kier alpha value is -0.730. The van der Waals surface area contributed by atoms with Crippen LogP contribution in [0, 0.1) is 5.41 Å². The number of amides is 1. The molecule has 0 aliphatic heterocycles. The first-order valence-electron chi connectivity index (χ1n) is 6.04. The van der Waals surface area contributed by atoms with Gasteiger partial charge in [0.05, 0.1) is 0 Å². The van der Waals surface area contributed by atoms with E-state index < -0.39 is 0 Å². The van der Waals surface area contributed by atoms with Gasteiger partial charge in [0.2, 0.25) is 0 Å². The fourth-order valence-corrected chi connectivity index (χ4v) is 2.01. The van der Waals surface area contributed by atoms with Gasteiger partial charge in [-0.05, 0) is 36.5 Å². The lowest BCUT2D eigenvalue weighted by Crippen LogP contribution is -2.34. The zero-order valence-electron chi connectivity index (χ0n) is 10.8. The minimum Gasteiger partial charge on any atom is -0.352 e. The maximum absolute atomic E-state index is 11.9. The molecule has 0 fully saturated rings. The molecule has 1 N–H and O–H groups in total. The summed E-state index contributed by atoms with van der Waals surface area (Å²) in [4.78, 5) is 11.9. The van der Waals surface area contributed by atoms with Gasteiger partial charge in [-0.1, -0.05) is 31.5 Å². The smallest absolute Gasteiger partial charge is 0.251 e. The highest BCUT2D eigenvalue weighted by atomic mass is 35.5. The third-order valence-electron chi connectivity index (χ3n) is 2.80. The van der Waals surface area contributed by atoms with Gasteiger partial charge >= 0.3 is 0 Å². The maximum atomic E-state index is 11.9. The Kier molecular flexibility index (Phi) is 5.97. The number of rotatable bonds is 6. The summed E-state index contributed by atoms with van der Waals surface area (Å²) < 4.78 is 0. The van der Waals surface area contributed by atoms with E-state index in [9.17, 15) is 4.79 Å². The maximum Gasteiger partial charge on any atom is 0.251 e. The van der Waals surface area contributed by atoms with E-state index in [0.29, 0.717) is 23.0 Å². The first-order chi connectivity index (χ1) is 8.44. The second-order valence-corrected chi connectivity index (χ2v) is 5.96. The average molecular weight is 288 g/mol. The topological polar surface area (TPSA) is 29.1 Å². The highest BCUT2D eigenvalue weighted by Crippen LogP contribution is 2.21. The van der Waals surface area contributed by atoms with Gasteiger partial charge in [-0.15, -0.1) is 11.6 Å². The number of nitrogens with one attached hydrogen (secondary N) is 1. The number of hydrogen-bond donors (Lipinski definition) is 1. The van der Waals surface area contributed by atoms with Crippen LogP contribution in [-0.4, -0.2) is 18.3 Å². The molecule has 0 atom stereocenters. The summed E-state index contributed by atoms with van der Waals surface area (Å²) in [5.41, 5.74) is 0.652. The Morgan fingerprint density at radius 1 is 1.39 bits per heavy atom. The van der Waals surface area contributed by atoms with Crippen LogP contribution >= 0.6 is 23.2 Å². The van der Waals surface area contributed by atoms with Crippen molar-refractivity contribution in [3.8, 4) is 0 Å². The predicted octanol–water partition coefficient (Wildman–Crippen LogP) is 4.12. The Morgan fingerprint density at radius 2 is 2.11 bits per heavy atom. The summed E-state index contributed by atoms with van der Waals surface area (Å²) in [6, 6.07) is 6.95. The van der Waals surface area contributed by atoms with E-state index in [2.05, 4.69) is 19.2 Å². The largest absolute Gasteiger partial charge is 0.352 e. The van der Waals surface area contributed by atoms with Crippen LogP contribution in [0.25, 0.3) is 0 Å². The molecule has 0 saturated carbocycles. The molecule has 1 aromatic rings. The molecule has 0 aliphatic carbocycles. The second-order valence-electron chi connectivity index (χ2n) is 5.15. The van der Waals surface area contributed by atoms with Gasteiger partial charge < -0.3 is 5.32 Å². The van der Waals surface area contributed by atoms with Crippen molar-refractivity contribution < 1.29 is 4.79 Å². The molecule has 0 saturated heterocycles. The molecule has 0 aliphatic rings. The normalized spacial score (nSPS) is 11.3. The summed E-state index contributed by atoms with van der Waals surface area (Å²) >= 11 is 11.5. The van der Waals surface area contributed by atoms with E-state index in [-0.39, 0.29) is 11.3 Å². The van der Waals surface area contributed by atoms with Gasteiger partial charge in [0.15, 0.2) is 0 Å². The molecule has 0 unspecified atom stereocenters. The summed E-state index contributed by atoms with van der Waals surface area (Å²) in [5.74, 6) is 0.572. The van der Waals surface area contributed by atoms with Crippen molar-refractivity contribution in [3.05, 3.63) is 34.9 Å². The quantitative estimate of drug-likeness (QED) is 0.784. The lowest BCUT2D eigenvalue weighted by molar-refractivity contribution is 0.0934. The SMILES string of the molecule is CC(C)(CCCCl)CNC(=O)c1cccc(Cl)c1. The third-order valence-corrected chi connectivity index (χ3v) is 3.30. The minimum absolute atomic E-state index is 0.0587. The Morgan fingerprint density at radius 3 is 2.72 bits per heavy atom. The van der Waals surface area contributed by atoms with Crippen LogP contribution in [0.15, 0.2) is 24.3 Å². The molecule has 2 nitrogen and oxygen atoms in total. The van der Waals surface area contributed by atoms with Crippen molar-refractivity contribution in [1.29, 1.82) is 0 Å². The van der Waals surface area contributed by atoms with E-state index in [1.807, 2.05) is 0 Å². The van der Waals surface area contributed by atoms with Gasteiger partial charge in [0.1, 0.15) is 0 Å². The van der Waals surface area contributed by atoms with E-state index in [1.165, 1.54) is 0 Å². The van der Waals surface area contributed by atoms with Crippen LogP contribution in [0.5, 0.6) is 0 Å². The van der Waals surface area contributed by atoms with Crippen LogP contribution in [0.4, 0.5) is 0 Å². The van der Waals surface area contributed by atoms with Crippen LogP contribution in [-0.2, 0) is 0 Å². The molecule has 1 aromatic carbocycles. The van der Waals surface area contributed by atoms with E-state index >= 15 is 0 Å². The first kappa shape index (κ1) is 15.3. The molecule has 0 bridgehead atoms. The van der Waals surface area contributed by atoms with Crippen molar-refractivity contribution in [2.75, 3.05) is 12.4 Å². The lowest BCUT2D eigenvalue weighted by Gasteiger charge is -2.24. The zero-order valence-corrected chi connectivity index (χ0v) is 12.3. The predicted molar refractivity (Wildman–Crippen MR) is 77.5 cm³/mol. The van der Waals surface area contributed by atoms with Crippen molar-refractivity contribution in [3.63, 3.8) is 0 Å². The lowest BCUT2D eigenvalue weighted by atomic mass is 9.88. The van der Waals surface area contributed by atoms with Gasteiger partial charge in [-0.2, -0.15) is 0 Å². The molecule has 18 heavy (non-hydrogen) atoms. The number of carbonyl (C=O) groups excluding carboxylic acids is 1. The Bertz CT molecular complexity index is 405. The minimum atomic E-state index is -0.0866. The summed E-state index contributed by atoms with van der Waals surface area (Å²) in [5, 5.41) is 3.51. The van der Waals surface area contributed by atoms with Gasteiger partial charge in [-0.25, -0.2) is 0 Å². The van der Waals surface area contributed by atoms with E-state index in [4.69, 9.17) is 23.2 Å².